The summed E-state index contributed by atoms with van der Waals surface area (Å²) in [6.07, 6.45) is -1.22. The summed E-state index contributed by atoms with van der Waals surface area (Å²) >= 11 is 1.68. The van der Waals surface area contributed by atoms with Crippen LogP contribution in [0.15, 0.2) is 17.0 Å². The van der Waals surface area contributed by atoms with Crippen LogP contribution in [0.4, 0.5) is 16.8 Å². The summed E-state index contributed by atoms with van der Waals surface area (Å²) in [5.74, 6) is 0. The summed E-state index contributed by atoms with van der Waals surface area (Å²) in [5, 5.41) is 0. The molecule has 1 aromatic rings. The average Bonchev–Trinajstić information content (AvgIpc) is 2.08. The van der Waals surface area contributed by atoms with Crippen molar-refractivity contribution in [3.05, 3.63) is 26.8 Å². The van der Waals surface area contributed by atoms with Gasteiger partial charge in [0.05, 0.1) is 4.90 Å². The fourth-order valence-electron chi connectivity index (χ4n) is 1.31. The molecule has 0 radical (unpaired) electrons. The molecule has 0 unspecified atom stereocenters. The maximum Gasteiger partial charge on any atom is 1.00 e. The fourth-order valence-corrected chi connectivity index (χ4v) is 2.75. The van der Waals surface area contributed by atoms with Crippen molar-refractivity contribution < 1.29 is 76.6 Å². The van der Waals surface area contributed by atoms with E-state index in [0.717, 1.165) is 12.1 Å². The van der Waals surface area contributed by atoms with Crippen LogP contribution in [0.1, 0.15) is 11.1 Å². The van der Waals surface area contributed by atoms with E-state index in [0.29, 0.717) is 5.56 Å². The van der Waals surface area contributed by atoms with Gasteiger partial charge in [-0.1, -0.05) is 11.9 Å². The molecular formula is C8H7BF4IKO2S. The second-order valence-electron chi connectivity index (χ2n) is 3.54. The Morgan fingerprint density at radius 3 is 2.17 bits per heavy atom. The summed E-state index contributed by atoms with van der Waals surface area (Å²) in [7, 11) is -4.99. The monoisotopic (exact) mass is 420 g/mol. The van der Waals surface area contributed by atoms with E-state index in [1.807, 2.05) is 0 Å². The number of hydrogen-bond acceptors (Lipinski definition) is 2. The molecule has 0 aliphatic carbocycles. The van der Waals surface area contributed by atoms with E-state index in [9.17, 15) is 25.3 Å². The van der Waals surface area contributed by atoms with Gasteiger partial charge in [-0.05, 0) is 47.2 Å². The van der Waals surface area contributed by atoms with Gasteiger partial charge in [-0.3, -0.25) is 0 Å². The van der Waals surface area contributed by atoms with E-state index < -0.39 is 28.4 Å². The van der Waals surface area contributed by atoms with E-state index in [1.165, 1.54) is 6.92 Å². The average molecular weight is 420 g/mol. The maximum atomic E-state index is 12.7. The van der Waals surface area contributed by atoms with E-state index in [-0.39, 0.29) is 60.5 Å². The molecule has 0 saturated carbocycles. The molecule has 0 aliphatic heterocycles. The Hall–Kier alpha value is 1.32. The Kier molecular flexibility index (Phi) is 7.36. The predicted octanol–water partition coefficient (Wildman–Crippen LogP) is 0.191. The first-order valence-corrected chi connectivity index (χ1v) is 6.91. The summed E-state index contributed by atoms with van der Waals surface area (Å²) < 4.78 is 71.3. The van der Waals surface area contributed by atoms with Crippen molar-refractivity contribution in [3.63, 3.8) is 0 Å². The molecule has 0 amide bonds. The zero-order valence-corrected chi connectivity index (χ0v) is 15.7. The van der Waals surface area contributed by atoms with Crippen LogP contribution < -0.4 is 51.4 Å². The van der Waals surface area contributed by atoms with Crippen LogP contribution in [0.3, 0.4) is 0 Å². The van der Waals surface area contributed by atoms with Crippen LogP contribution in [0.5, 0.6) is 0 Å². The Balaban J connectivity index is 0.00000289. The summed E-state index contributed by atoms with van der Waals surface area (Å²) in [5.41, 5.74) is 0.109. The maximum absolute atomic E-state index is 12.7. The zero-order chi connectivity index (χ0) is 13.4. The van der Waals surface area contributed by atoms with Gasteiger partial charge in [0.2, 0.25) is 0 Å². The Morgan fingerprint density at radius 2 is 1.78 bits per heavy atom. The minimum atomic E-state index is -5.09. The molecule has 0 saturated heterocycles. The third-order valence-corrected chi connectivity index (χ3v) is 4.08. The number of rotatable bonds is 3. The number of hydrogen-bond donors (Lipinski definition) is 0. The standard InChI is InChI=1S/C8H7BF4IO2S.K/c1-5-6(4-9(10,11)12)2-7(3-8(5)14)17(13,15)16;/h2-3H,4H2,1H3;/q-1;+1. The molecule has 18 heavy (non-hydrogen) atoms. The van der Waals surface area contributed by atoms with Crippen molar-refractivity contribution in [2.75, 3.05) is 0 Å². The fraction of sp³-hybridized carbons (Fsp3) is 0.250. The van der Waals surface area contributed by atoms with Gasteiger partial charge < -0.3 is 12.9 Å². The van der Waals surface area contributed by atoms with E-state index >= 15 is 0 Å². The molecule has 1 aromatic carbocycles. The van der Waals surface area contributed by atoms with Gasteiger partial charge in [0.1, 0.15) is 0 Å². The summed E-state index contributed by atoms with van der Waals surface area (Å²) in [4.78, 5) is -0.734. The molecule has 1 rings (SSSR count). The first-order valence-electron chi connectivity index (χ1n) is 4.45. The molecule has 0 heterocycles. The first kappa shape index (κ1) is 19.3. The largest absolute Gasteiger partial charge is 1.00 e. The molecule has 0 aliphatic rings. The smallest absolute Gasteiger partial charge is 0.449 e. The van der Waals surface area contributed by atoms with Gasteiger partial charge in [0, 0.05) is 3.57 Å². The Morgan fingerprint density at radius 1 is 1.28 bits per heavy atom. The quantitative estimate of drug-likeness (QED) is 0.303. The number of benzene rings is 1. The van der Waals surface area contributed by atoms with Crippen molar-refractivity contribution in [1.29, 1.82) is 0 Å². The van der Waals surface area contributed by atoms with Gasteiger partial charge in [0.25, 0.3) is 0 Å². The van der Waals surface area contributed by atoms with Crippen molar-refractivity contribution in [2.24, 2.45) is 0 Å². The minimum Gasteiger partial charge on any atom is -0.449 e. The van der Waals surface area contributed by atoms with Gasteiger partial charge in [-0.15, -0.1) is 3.89 Å². The summed E-state index contributed by atoms with van der Waals surface area (Å²) in [6, 6.07) is 1.75. The van der Waals surface area contributed by atoms with Gasteiger partial charge in [0.15, 0.2) is 0 Å². The molecular weight excluding hydrogens is 413 g/mol. The molecule has 0 N–H and O–H groups in total. The predicted molar refractivity (Wildman–Crippen MR) is 65.0 cm³/mol. The third kappa shape index (κ3) is 5.75. The zero-order valence-electron chi connectivity index (χ0n) is 9.55. The van der Waals surface area contributed by atoms with Gasteiger partial charge >= 0.3 is 68.6 Å². The van der Waals surface area contributed by atoms with Gasteiger partial charge in [-0.25, -0.2) is 0 Å². The van der Waals surface area contributed by atoms with Crippen molar-refractivity contribution in [2.45, 2.75) is 18.1 Å². The third-order valence-electron chi connectivity index (χ3n) is 2.16. The molecule has 0 spiro atoms. The van der Waals surface area contributed by atoms with Crippen LogP contribution >= 0.6 is 22.6 Å². The second kappa shape index (κ2) is 6.85. The van der Waals surface area contributed by atoms with E-state index in [2.05, 4.69) is 0 Å². The molecule has 2 nitrogen and oxygen atoms in total. The molecule has 10 heteroatoms. The molecule has 0 fully saturated rings. The van der Waals surface area contributed by atoms with Crippen molar-refractivity contribution in [1.82, 2.24) is 0 Å². The SMILES string of the molecule is Cc1c(I)cc(S(=O)(=O)F)cc1C[B-](F)(F)F.[K+]. The Bertz CT molecular complexity index is 547. The van der Waals surface area contributed by atoms with Crippen LogP contribution in [0, 0.1) is 10.5 Å². The molecule has 0 atom stereocenters. The van der Waals surface area contributed by atoms with Crippen LogP contribution in [0.25, 0.3) is 0 Å². The molecule has 0 aromatic heterocycles. The number of halogens is 5. The van der Waals surface area contributed by atoms with E-state index in [1.54, 1.807) is 22.6 Å². The first-order chi connectivity index (χ1) is 7.50. The van der Waals surface area contributed by atoms with Crippen LogP contribution in [-0.2, 0) is 16.5 Å². The Labute approximate surface area is 159 Å². The van der Waals surface area contributed by atoms with Gasteiger partial charge in [-0.2, -0.15) is 8.42 Å². The van der Waals surface area contributed by atoms with Crippen molar-refractivity contribution in [3.8, 4) is 0 Å². The molecule has 0 bridgehead atoms. The van der Waals surface area contributed by atoms with E-state index in [4.69, 9.17) is 0 Å². The van der Waals surface area contributed by atoms with Crippen molar-refractivity contribution >= 4 is 39.8 Å². The normalized spacial score (nSPS) is 12.1. The minimum absolute atomic E-state index is 0. The molecule has 96 valence electrons. The summed E-state index contributed by atoms with van der Waals surface area (Å²) in [6.45, 7) is -3.65. The van der Waals surface area contributed by atoms with Crippen LogP contribution in [0.2, 0.25) is 0 Å². The second-order valence-corrected chi connectivity index (χ2v) is 6.05. The topological polar surface area (TPSA) is 34.1 Å². The van der Waals surface area contributed by atoms with Crippen LogP contribution in [-0.4, -0.2) is 15.4 Å².